The van der Waals surface area contributed by atoms with Gasteiger partial charge in [0.2, 0.25) is 0 Å². The number of carbonyl (C=O) groups excluding carboxylic acids is 1. The van der Waals surface area contributed by atoms with Gasteiger partial charge in [-0.05, 0) is 38.1 Å². The van der Waals surface area contributed by atoms with Crippen molar-refractivity contribution in [2.45, 2.75) is 38.1 Å². The summed E-state index contributed by atoms with van der Waals surface area (Å²) in [5, 5.41) is 7.42. The van der Waals surface area contributed by atoms with Gasteiger partial charge in [-0.2, -0.15) is 13.2 Å². The number of alkyl halides is 3. The summed E-state index contributed by atoms with van der Waals surface area (Å²) in [6.45, 7) is 3.56. The number of benzene rings is 2. The van der Waals surface area contributed by atoms with Crippen LogP contribution in [0.3, 0.4) is 0 Å². The predicted octanol–water partition coefficient (Wildman–Crippen LogP) is 5.68. The van der Waals surface area contributed by atoms with Crippen molar-refractivity contribution < 1.29 is 22.7 Å². The third-order valence-corrected chi connectivity index (χ3v) is 5.03. The van der Waals surface area contributed by atoms with Crippen molar-refractivity contribution >= 4 is 22.5 Å². The van der Waals surface area contributed by atoms with Gasteiger partial charge in [0.25, 0.3) is 0 Å². The van der Waals surface area contributed by atoms with E-state index in [4.69, 9.17) is 4.74 Å². The number of hydrogen-bond acceptors (Lipinski definition) is 3. The van der Waals surface area contributed by atoms with Gasteiger partial charge >= 0.3 is 12.2 Å². The zero-order valence-corrected chi connectivity index (χ0v) is 16.4. The van der Waals surface area contributed by atoms with Crippen molar-refractivity contribution in [3.63, 3.8) is 0 Å². The molecule has 2 aromatic carbocycles. The minimum absolute atomic E-state index is 0.127. The third-order valence-electron chi connectivity index (χ3n) is 5.03. The minimum atomic E-state index is -4.47. The fourth-order valence-electron chi connectivity index (χ4n) is 3.70. The quantitative estimate of drug-likeness (QED) is 0.566. The van der Waals surface area contributed by atoms with Crippen molar-refractivity contribution in [1.29, 1.82) is 0 Å². The monoisotopic (exact) mass is 415 g/mol. The highest BCUT2D eigenvalue weighted by Crippen LogP contribution is 2.42. The molecule has 4 rings (SSSR count). The first-order chi connectivity index (χ1) is 14.1. The van der Waals surface area contributed by atoms with Crippen molar-refractivity contribution in [2.75, 3.05) is 5.32 Å². The maximum Gasteiger partial charge on any atom is 0.416 e. The number of ether oxygens (including phenoxy) is 1. The second-order valence-electron chi connectivity index (χ2n) is 7.87. The van der Waals surface area contributed by atoms with E-state index in [2.05, 4.69) is 15.6 Å². The standard InChI is InChI=1S/C22H20F3N3O2/c1-21(2)11-18(16-7-6-14(22(23,24)25)10-19(16)30-21)28-20(29)27-17-5-3-4-13-12-26-9-8-15(13)17/h3-10,12,18H,11H2,1-2H3,(H2,27,28,29)/t18-/m1/s1. The van der Waals surface area contributed by atoms with Crippen LogP contribution in [0.2, 0.25) is 0 Å². The normalized spacial score (nSPS) is 17.7. The first kappa shape index (κ1) is 20.0. The maximum atomic E-state index is 13.1. The fourth-order valence-corrected chi connectivity index (χ4v) is 3.70. The Balaban J connectivity index is 1.59. The summed E-state index contributed by atoms with van der Waals surface area (Å²) in [4.78, 5) is 16.8. The summed E-state index contributed by atoms with van der Waals surface area (Å²) >= 11 is 0. The lowest BCUT2D eigenvalue weighted by atomic mass is 9.89. The lowest BCUT2D eigenvalue weighted by Crippen LogP contribution is -2.42. The van der Waals surface area contributed by atoms with Gasteiger partial charge in [0.05, 0.1) is 17.3 Å². The summed E-state index contributed by atoms with van der Waals surface area (Å²) in [7, 11) is 0. The van der Waals surface area contributed by atoms with Crippen molar-refractivity contribution in [3.8, 4) is 5.75 Å². The number of nitrogens with zero attached hydrogens (tertiary/aromatic N) is 1. The number of aromatic nitrogens is 1. The Morgan fingerprint density at radius 3 is 2.77 bits per heavy atom. The number of amides is 2. The molecule has 0 bridgehead atoms. The van der Waals surface area contributed by atoms with Gasteiger partial charge in [-0.15, -0.1) is 0 Å². The molecule has 0 unspecified atom stereocenters. The number of carbonyl (C=O) groups is 1. The average molecular weight is 415 g/mol. The topological polar surface area (TPSA) is 63.2 Å². The Bertz CT molecular complexity index is 1110. The van der Waals surface area contributed by atoms with Gasteiger partial charge in [0, 0.05) is 35.2 Å². The van der Waals surface area contributed by atoms with E-state index in [0.717, 1.165) is 22.9 Å². The molecule has 1 atom stereocenters. The number of anilines is 1. The summed E-state index contributed by atoms with van der Waals surface area (Å²) in [5.41, 5.74) is -0.391. The first-order valence-corrected chi connectivity index (χ1v) is 9.43. The molecular formula is C22H20F3N3O2. The molecule has 0 fully saturated rings. The fraction of sp³-hybridized carbons (Fsp3) is 0.273. The van der Waals surface area contributed by atoms with E-state index in [0.29, 0.717) is 17.7 Å². The van der Waals surface area contributed by atoms with Crippen LogP contribution in [-0.2, 0) is 6.18 Å². The van der Waals surface area contributed by atoms with Crippen LogP contribution in [0.25, 0.3) is 10.8 Å². The van der Waals surface area contributed by atoms with E-state index in [9.17, 15) is 18.0 Å². The number of rotatable bonds is 2. The Kier molecular flexibility index (Phi) is 4.80. The Morgan fingerprint density at radius 1 is 1.20 bits per heavy atom. The predicted molar refractivity (Wildman–Crippen MR) is 107 cm³/mol. The van der Waals surface area contributed by atoms with E-state index >= 15 is 0 Å². The molecular weight excluding hydrogens is 395 g/mol. The van der Waals surface area contributed by atoms with Gasteiger partial charge in [0.1, 0.15) is 11.4 Å². The molecule has 2 amide bonds. The highest BCUT2D eigenvalue weighted by atomic mass is 19.4. The molecule has 0 aliphatic carbocycles. The van der Waals surface area contributed by atoms with Crippen molar-refractivity contribution in [1.82, 2.24) is 10.3 Å². The highest BCUT2D eigenvalue weighted by molar-refractivity contribution is 6.01. The molecule has 156 valence electrons. The molecule has 0 saturated carbocycles. The van der Waals surface area contributed by atoms with Gasteiger partial charge in [-0.25, -0.2) is 4.79 Å². The van der Waals surface area contributed by atoms with Crippen LogP contribution in [0, 0.1) is 0 Å². The molecule has 0 radical (unpaired) electrons. The van der Waals surface area contributed by atoms with Crippen molar-refractivity contribution in [2.24, 2.45) is 0 Å². The number of nitrogens with one attached hydrogen (secondary N) is 2. The molecule has 2 heterocycles. The highest BCUT2D eigenvalue weighted by Gasteiger charge is 2.37. The molecule has 0 spiro atoms. The zero-order chi connectivity index (χ0) is 21.5. The molecule has 5 nitrogen and oxygen atoms in total. The van der Waals surface area contributed by atoms with Crippen LogP contribution in [0.4, 0.5) is 23.7 Å². The van der Waals surface area contributed by atoms with Crippen LogP contribution in [0.1, 0.15) is 37.4 Å². The van der Waals surface area contributed by atoms with E-state index in [1.54, 1.807) is 38.4 Å². The molecule has 1 aliphatic rings. The first-order valence-electron chi connectivity index (χ1n) is 9.43. The maximum absolute atomic E-state index is 13.1. The minimum Gasteiger partial charge on any atom is -0.487 e. The summed E-state index contributed by atoms with van der Waals surface area (Å²) in [5.74, 6) is 0.127. The second-order valence-corrected chi connectivity index (χ2v) is 7.87. The lowest BCUT2D eigenvalue weighted by molar-refractivity contribution is -0.137. The van der Waals surface area contributed by atoms with Crippen LogP contribution in [0.15, 0.2) is 54.9 Å². The summed E-state index contributed by atoms with van der Waals surface area (Å²) in [6.07, 6.45) is -0.712. The van der Waals surface area contributed by atoms with Crippen LogP contribution in [0.5, 0.6) is 5.75 Å². The zero-order valence-electron chi connectivity index (χ0n) is 16.4. The van der Waals surface area contributed by atoms with Gasteiger partial charge in [0.15, 0.2) is 0 Å². The Labute approximate surface area is 171 Å². The smallest absolute Gasteiger partial charge is 0.416 e. The largest absolute Gasteiger partial charge is 0.487 e. The number of pyridine rings is 1. The molecule has 2 N–H and O–H groups in total. The van der Waals surface area contributed by atoms with Crippen LogP contribution >= 0.6 is 0 Å². The summed E-state index contributed by atoms with van der Waals surface area (Å²) < 4.78 is 45.0. The molecule has 0 saturated heterocycles. The molecule has 30 heavy (non-hydrogen) atoms. The molecule has 3 aromatic rings. The second kappa shape index (κ2) is 7.19. The van der Waals surface area contributed by atoms with E-state index < -0.39 is 29.4 Å². The van der Waals surface area contributed by atoms with Crippen molar-refractivity contribution in [3.05, 3.63) is 66.0 Å². The lowest BCUT2D eigenvalue weighted by Gasteiger charge is -2.38. The molecule has 1 aliphatic heterocycles. The van der Waals surface area contributed by atoms with Gasteiger partial charge in [-0.3, -0.25) is 4.98 Å². The average Bonchev–Trinajstić information content (AvgIpc) is 2.66. The molecule has 1 aromatic heterocycles. The summed E-state index contributed by atoms with van der Waals surface area (Å²) in [6, 6.07) is 9.69. The molecule has 8 heteroatoms. The van der Waals surface area contributed by atoms with E-state index in [-0.39, 0.29) is 5.75 Å². The number of fused-ring (bicyclic) bond motifs is 2. The number of hydrogen-bond donors (Lipinski definition) is 2. The Hall–Kier alpha value is -3.29. The number of urea groups is 1. The van der Waals surface area contributed by atoms with Gasteiger partial charge < -0.3 is 15.4 Å². The van der Waals surface area contributed by atoms with E-state index in [1.165, 1.54) is 6.07 Å². The Morgan fingerprint density at radius 2 is 2.00 bits per heavy atom. The van der Waals surface area contributed by atoms with Crippen LogP contribution < -0.4 is 15.4 Å². The SMILES string of the molecule is CC1(C)C[C@@H](NC(=O)Nc2cccc3cnccc23)c2ccc(C(F)(F)F)cc2O1. The van der Waals surface area contributed by atoms with Gasteiger partial charge in [-0.1, -0.05) is 18.2 Å². The van der Waals surface area contributed by atoms with E-state index in [1.807, 2.05) is 12.1 Å². The third kappa shape index (κ3) is 4.03. The van der Waals surface area contributed by atoms with Crippen LogP contribution in [-0.4, -0.2) is 16.6 Å². The number of halogens is 3.